The number of nitrogens with one attached hydrogen (secondary N) is 2. The number of phenols is 1. The summed E-state index contributed by atoms with van der Waals surface area (Å²) in [6.45, 7) is 0.395. The summed E-state index contributed by atoms with van der Waals surface area (Å²) >= 11 is 5.24. The first-order chi connectivity index (χ1) is 11.1. The van der Waals surface area contributed by atoms with Gasteiger partial charge in [0.2, 0.25) is 5.91 Å². The molecule has 0 radical (unpaired) electrons. The highest BCUT2D eigenvalue weighted by Gasteiger charge is 2.44. The van der Waals surface area contributed by atoms with E-state index in [1.54, 1.807) is 12.1 Å². The quantitative estimate of drug-likeness (QED) is 0.735. The normalized spacial score (nSPS) is 22.8. The average molecular weight is 330 g/mol. The number of H-pyrrole nitrogens is 1. The van der Waals surface area contributed by atoms with Crippen LogP contribution in [0.1, 0.15) is 42.6 Å². The maximum absolute atomic E-state index is 12.3. The van der Waals surface area contributed by atoms with Crippen LogP contribution in [0.15, 0.2) is 24.3 Å². The summed E-state index contributed by atoms with van der Waals surface area (Å²) in [5, 5.41) is 19.5. The summed E-state index contributed by atoms with van der Waals surface area (Å²) in [6.07, 6.45) is 3.07. The van der Waals surface area contributed by atoms with Gasteiger partial charge in [-0.3, -0.25) is 14.5 Å². The number of aromatic hydroxyl groups is 1. The summed E-state index contributed by atoms with van der Waals surface area (Å²) in [6, 6.07) is 7.58. The Hall–Kier alpha value is -2.15. The lowest BCUT2D eigenvalue weighted by Crippen LogP contribution is -2.26. The fourth-order valence-corrected chi connectivity index (χ4v) is 3.38. The van der Waals surface area contributed by atoms with Crippen LogP contribution in [0.3, 0.4) is 0 Å². The lowest BCUT2D eigenvalue weighted by molar-refractivity contribution is -0.122. The summed E-state index contributed by atoms with van der Waals surface area (Å²) in [5.41, 5.74) is 1.02. The van der Waals surface area contributed by atoms with Crippen molar-refractivity contribution < 1.29 is 9.90 Å². The molecule has 6 nitrogen and oxygen atoms in total. The summed E-state index contributed by atoms with van der Waals surface area (Å²) in [7, 11) is 0. The summed E-state index contributed by atoms with van der Waals surface area (Å²) in [4.78, 5) is 12.3. The standard InChI is InChI=1S/C16H18N4O2S/c21-11-3-1-2-9(6-11)12-7-13(12)15(22)17-8-14-18-19-16(23)20(14)10-4-5-10/h1-3,6,10,12-13,21H,4-5,7-8H2,(H,17,22)(H,19,23). The van der Waals surface area contributed by atoms with Crippen molar-refractivity contribution in [1.82, 2.24) is 20.1 Å². The van der Waals surface area contributed by atoms with Gasteiger partial charge in [0.05, 0.1) is 6.54 Å². The molecule has 2 aromatic rings. The first-order valence-corrected chi connectivity index (χ1v) is 8.26. The Labute approximate surface area is 138 Å². The Balaban J connectivity index is 1.37. The molecule has 7 heteroatoms. The molecule has 3 N–H and O–H groups in total. The number of nitrogens with zero attached hydrogens (tertiary/aromatic N) is 2. The van der Waals surface area contributed by atoms with E-state index < -0.39 is 0 Å². The van der Waals surface area contributed by atoms with Gasteiger partial charge in [0.15, 0.2) is 10.6 Å². The zero-order valence-electron chi connectivity index (χ0n) is 12.5. The molecule has 0 spiro atoms. The molecular formula is C16H18N4O2S. The number of carbonyl (C=O) groups is 1. The third-order valence-corrected chi connectivity index (χ3v) is 4.82. The Morgan fingerprint density at radius 1 is 1.48 bits per heavy atom. The lowest BCUT2D eigenvalue weighted by Gasteiger charge is -2.07. The Morgan fingerprint density at radius 2 is 2.30 bits per heavy atom. The lowest BCUT2D eigenvalue weighted by atomic mass is 10.1. The third kappa shape index (κ3) is 2.88. The predicted molar refractivity (Wildman–Crippen MR) is 86.5 cm³/mol. The van der Waals surface area contributed by atoms with Crippen LogP contribution in [0.2, 0.25) is 0 Å². The van der Waals surface area contributed by atoms with Gasteiger partial charge in [-0.15, -0.1) is 0 Å². The number of hydrogen-bond donors (Lipinski definition) is 3. The third-order valence-electron chi connectivity index (χ3n) is 4.54. The molecule has 1 aromatic carbocycles. The molecule has 1 aromatic heterocycles. The molecule has 120 valence electrons. The topological polar surface area (TPSA) is 82.9 Å². The van der Waals surface area contributed by atoms with Crippen molar-refractivity contribution in [3.05, 3.63) is 40.4 Å². The van der Waals surface area contributed by atoms with Crippen LogP contribution in [-0.4, -0.2) is 25.8 Å². The number of rotatable bonds is 5. The average Bonchev–Trinajstić information content (AvgIpc) is 3.43. The van der Waals surface area contributed by atoms with Crippen LogP contribution in [0.25, 0.3) is 0 Å². The van der Waals surface area contributed by atoms with Crippen LogP contribution < -0.4 is 5.32 Å². The second-order valence-electron chi connectivity index (χ2n) is 6.31. The highest BCUT2D eigenvalue weighted by Crippen LogP contribution is 2.48. The molecule has 2 atom stereocenters. The smallest absolute Gasteiger partial charge is 0.224 e. The van der Waals surface area contributed by atoms with Crippen molar-refractivity contribution in [2.45, 2.75) is 37.8 Å². The maximum Gasteiger partial charge on any atom is 0.224 e. The van der Waals surface area contributed by atoms with E-state index in [1.807, 2.05) is 16.7 Å². The van der Waals surface area contributed by atoms with E-state index >= 15 is 0 Å². The molecule has 0 saturated heterocycles. The van der Waals surface area contributed by atoms with Crippen molar-refractivity contribution in [1.29, 1.82) is 0 Å². The van der Waals surface area contributed by atoms with Crippen molar-refractivity contribution in [3.8, 4) is 5.75 Å². The molecule has 1 heterocycles. The predicted octanol–water partition coefficient (Wildman–Crippen LogP) is 2.40. The van der Waals surface area contributed by atoms with Gasteiger partial charge >= 0.3 is 0 Å². The minimum atomic E-state index is -0.0203. The number of aromatic amines is 1. The van der Waals surface area contributed by atoms with Gasteiger partial charge in [0.1, 0.15) is 5.75 Å². The van der Waals surface area contributed by atoms with Crippen molar-refractivity contribution >= 4 is 18.1 Å². The second-order valence-corrected chi connectivity index (χ2v) is 6.69. The van der Waals surface area contributed by atoms with E-state index in [0.717, 1.165) is 30.7 Å². The van der Waals surface area contributed by atoms with Gasteiger partial charge in [-0.2, -0.15) is 5.10 Å². The van der Waals surface area contributed by atoms with E-state index in [1.165, 1.54) is 0 Å². The Kier molecular flexibility index (Phi) is 3.45. The number of carbonyl (C=O) groups excluding carboxylic acids is 1. The zero-order chi connectivity index (χ0) is 16.0. The fourth-order valence-electron chi connectivity index (χ4n) is 3.08. The molecule has 4 rings (SSSR count). The molecule has 2 aliphatic rings. The summed E-state index contributed by atoms with van der Waals surface area (Å²) in [5.74, 6) is 1.25. The highest BCUT2D eigenvalue weighted by molar-refractivity contribution is 7.71. The van der Waals surface area contributed by atoms with Gasteiger partial charge in [0, 0.05) is 12.0 Å². The molecule has 2 saturated carbocycles. The van der Waals surface area contributed by atoms with Crippen LogP contribution in [-0.2, 0) is 11.3 Å². The number of hydrogen-bond acceptors (Lipinski definition) is 4. The van der Waals surface area contributed by atoms with E-state index in [-0.39, 0.29) is 23.5 Å². The zero-order valence-corrected chi connectivity index (χ0v) is 13.3. The van der Waals surface area contributed by atoms with Gasteiger partial charge < -0.3 is 10.4 Å². The number of aromatic nitrogens is 3. The van der Waals surface area contributed by atoms with E-state index in [2.05, 4.69) is 15.5 Å². The SMILES string of the molecule is O=C(NCc1n[nH]c(=S)n1C1CC1)C1CC1c1cccc(O)c1. The van der Waals surface area contributed by atoms with Gasteiger partial charge in [-0.1, -0.05) is 12.1 Å². The second kappa shape index (κ2) is 5.49. The first-order valence-electron chi connectivity index (χ1n) is 7.86. The van der Waals surface area contributed by atoms with Crippen LogP contribution >= 0.6 is 12.2 Å². The number of benzene rings is 1. The molecule has 23 heavy (non-hydrogen) atoms. The molecule has 0 aliphatic heterocycles. The fraction of sp³-hybridized carbons (Fsp3) is 0.438. The maximum atomic E-state index is 12.3. The molecule has 2 fully saturated rings. The number of phenolic OH excluding ortho intramolecular Hbond substituents is 1. The molecule has 2 unspecified atom stereocenters. The number of amides is 1. The van der Waals surface area contributed by atoms with Crippen LogP contribution in [0, 0.1) is 10.7 Å². The molecule has 2 aliphatic carbocycles. The van der Waals surface area contributed by atoms with Gasteiger partial charge in [-0.25, -0.2) is 0 Å². The van der Waals surface area contributed by atoms with Crippen molar-refractivity contribution in [2.24, 2.45) is 5.92 Å². The van der Waals surface area contributed by atoms with E-state index in [4.69, 9.17) is 12.2 Å². The van der Waals surface area contributed by atoms with Crippen molar-refractivity contribution in [3.63, 3.8) is 0 Å². The largest absolute Gasteiger partial charge is 0.508 e. The Bertz CT molecular complexity index is 808. The highest BCUT2D eigenvalue weighted by atomic mass is 32.1. The van der Waals surface area contributed by atoms with Gasteiger partial charge in [-0.05, 0) is 55.1 Å². The minimum absolute atomic E-state index is 0.0203. The first kappa shape index (κ1) is 14.4. The molecule has 0 bridgehead atoms. The van der Waals surface area contributed by atoms with E-state index in [0.29, 0.717) is 17.4 Å². The van der Waals surface area contributed by atoms with Crippen molar-refractivity contribution in [2.75, 3.05) is 0 Å². The minimum Gasteiger partial charge on any atom is -0.508 e. The van der Waals surface area contributed by atoms with E-state index in [9.17, 15) is 9.90 Å². The Morgan fingerprint density at radius 3 is 3.04 bits per heavy atom. The van der Waals surface area contributed by atoms with Crippen LogP contribution in [0.5, 0.6) is 5.75 Å². The molecule has 1 amide bonds. The van der Waals surface area contributed by atoms with Crippen LogP contribution in [0.4, 0.5) is 0 Å². The summed E-state index contributed by atoms with van der Waals surface area (Å²) < 4.78 is 2.63. The molecular weight excluding hydrogens is 312 g/mol. The van der Waals surface area contributed by atoms with Gasteiger partial charge in [0.25, 0.3) is 0 Å². The monoisotopic (exact) mass is 330 g/mol.